The predicted octanol–water partition coefficient (Wildman–Crippen LogP) is 4.53. The lowest BCUT2D eigenvalue weighted by Gasteiger charge is -2.23. The van der Waals surface area contributed by atoms with Gasteiger partial charge in [-0.1, -0.05) is 41.4 Å². The maximum atomic E-state index is 10.6. The molecule has 0 aliphatic heterocycles. The van der Waals surface area contributed by atoms with Crippen LogP contribution in [0.25, 0.3) is 0 Å². The number of benzene rings is 2. The molecule has 0 saturated heterocycles. The Balaban J connectivity index is 2.33. The summed E-state index contributed by atoms with van der Waals surface area (Å²) in [5, 5.41) is 11.8. The molecule has 20 heavy (non-hydrogen) atoms. The van der Waals surface area contributed by atoms with E-state index in [9.17, 15) is 5.11 Å². The lowest BCUT2D eigenvalue weighted by atomic mass is 9.89. The molecule has 2 atom stereocenters. The van der Waals surface area contributed by atoms with Crippen molar-refractivity contribution in [3.05, 3.63) is 68.1 Å². The molecular weight excluding hydrogens is 361 g/mol. The molecule has 2 nitrogen and oxygen atoms in total. The fourth-order valence-corrected chi connectivity index (χ4v) is 2.83. The summed E-state index contributed by atoms with van der Waals surface area (Å²) in [7, 11) is 0. The molecule has 0 saturated carbocycles. The van der Waals surface area contributed by atoms with E-state index in [2.05, 4.69) is 15.9 Å². The first-order chi connectivity index (χ1) is 9.52. The molecule has 0 radical (unpaired) electrons. The van der Waals surface area contributed by atoms with Crippen molar-refractivity contribution in [2.75, 3.05) is 6.54 Å². The Morgan fingerprint density at radius 2 is 1.85 bits per heavy atom. The molecule has 0 spiro atoms. The number of hydrogen-bond donors (Lipinski definition) is 2. The van der Waals surface area contributed by atoms with Gasteiger partial charge in [-0.3, -0.25) is 0 Å². The third-order valence-corrected chi connectivity index (χ3v) is 4.65. The van der Waals surface area contributed by atoms with Crippen molar-refractivity contribution in [3.8, 4) is 0 Å². The first kappa shape index (κ1) is 15.8. The maximum absolute atomic E-state index is 10.6. The van der Waals surface area contributed by atoms with Gasteiger partial charge in [-0.15, -0.1) is 0 Å². The Bertz CT molecular complexity index is 606. The van der Waals surface area contributed by atoms with Gasteiger partial charge >= 0.3 is 0 Å². The summed E-state index contributed by atoms with van der Waals surface area (Å²) >= 11 is 15.3. The van der Waals surface area contributed by atoms with Crippen molar-refractivity contribution in [1.82, 2.24) is 0 Å². The van der Waals surface area contributed by atoms with Crippen molar-refractivity contribution < 1.29 is 5.11 Å². The van der Waals surface area contributed by atoms with E-state index in [1.54, 1.807) is 24.3 Å². The van der Waals surface area contributed by atoms with Gasteiger partial charge in [-0.2, -0.15) is 0 Å². The summed E-state index contributed by atoms with van der Waals surface area (Å²) in [5.41, 5.74) is 7.50. The average Bonchev–Trinajstić information content (AvgIpc) is 2.42. The van der Waals surface area contributed by atoms with Gasteiger partial charge in [-0.05, 0) is 51.3 Å². The van der Waals surface area contributed by atoms with E-state index in [0.717, 1.165) is 15.6 Å². The minimum absolute atomic E-state index is 0.221. The SMILES string of the molecule is NCC(c1cccc(Cl)c1)C(O)c1ccc(Cl)c(Br)c1. The molecule has 0 bridgehead atoms. The van der Waals surface area contributed by atoms with Crippen LogP contribution in [0.1, 0.15) is 23.1 Å². The fourth-order valence-electron chi connectivity index (χ4n) is 2.11. The Labute approximate surface area is 136 Å². The fraction of sp³-hybridized carbons (Fsp3) is 0.200. The molecule has 2 unspecified atom stereocenters. The third-order valence-electron chi connectivity index (χ3n) is 3.20. The normalized spacial score (nSPS) is 14.1. The third kappa shape index (κ3) is 3.54. The van der Waals surface area contributed by atoms with Crippen LogP contribution in [0.3, 0.4) is 0 Å². The predicted molar refractivity (Wildman–Crippen MR) is 87.4 cm³/mol. The first-order valence-electron chi connectivity index (χ1n) is 6.11. The summed E-state index contributed by atoms with van der Waals surface area (Å²) in [6.45, 7) is 0.321. The molecule has 106 valence electrons. The van der Waals surface area contributed by atoms with Crippen LogP contribution >= 0.6 is 39.1 Å². The maximum Gasteiger partial charge on any atom is 0.0871 e. The van der Waals surface area contributed by atoms with Crippen LogP contribution in [0.15, 0.2) is 46.9 Å². The Morgan fingerprint density at radius 1 is 1.10 bits per heavy atom. The van der Waals surface area contributed by atoms with E-state index >= 15 is 0 Å². The van der Waals surface area contributed by atoms with Crippen molar-refractivity contribution in [2.45, 2.75) is 12.0 Å². The molecule has 0 heterocycles. The van der Waals surface area contributed by atoms with Gasteiger partial charge in [0, 0.05) is 22.0 Å². The summed E-state index contributed by atoms with van der Waals surface area (Å²) in [6, 6.07) is 12.7. The van der Waals surface area contributed by atoms with Gasteiger partial charge < -0.3 is 10.8 Å². The van der Waals surface area contributed by atoms with Crippen LogP contribution in [-0.2, 0) is 0 Å². The van der Waals surface area contributed by atoms with E-state index in [1.165, 1.54) is 0 Å². The van der Waals surface area contributed by atoms with E-state index in [0.29, 0.717) is 16.6 Å². The van der Waals surface area contributed by atoms with Crippen molar-refractivity contribution >= 4 is 39.1 Å². The van der Waals surface area contributed by atoms with Gasteiger partial charge in [0.2, 0.25) is 0 Å². The van der Waals surface area contributed by atoms with Crippen molar-refractivity contribution in [1.29, 1.82) is 0 Å². The largest absolute Gasteiger partial charge is 0.388 e. The second-order valence-corrected chi connectivity index (χ2v) is 6.21. The van der Waals surface area contributed by atoms with Crippen LogP contribution in [0.4, 0.5) is 0 Å². The van der Waals surface area contributed by atoms with Crippen molar-refractivity contribution in [3.63, 3.8) is 0 Å². The highest BCUT2D eigenvalue weighted by molar-refractivity contribution is 9.10. The van der Waals surface area contributed by atoms with Crippen LogP contribution in [0.5, 0.6) is 0 Å². The molecule has 0 aromatic heterocycles. The second kappa shape index (κ2) is 6.92. The average molecular weight is 375 g/mol. The summed E-state index contributed by atoms with van der Waals surface area (Å²) < 4.78 is 0.748. The monoisotopic (exact) mass is 373 g/mol. The second-order valence-electron chi connectivity index (χ2n) is 4.52. The number of aliphatic hydroxyl groups excluding tert-OH is 1. The van der Waals surface area contributed by atoms with Crippen LogP contribution in [0, 0.1) is 0 Å². The zero-order valence-corrected chi connectivity index (χ0v) is 13.7. The highest BCUT2D eigenvalue weighted by Gasteiger charge is 2.22. The number of hydrogen-bond acceptors (Lipinski definition) is 2. The number of nitrogens with two attached hydrogens (primary N) is 1. The summed E-state index contributed by atoms with van der Waals surface area (Å²) in [6.07, 6.45) is -0.716. The van der Waals surface area contributed by atoms with Gasteiger partial charge in [-0.25, -0.2) is 0 Å². The molecule has 0 aliphatic rings. The molecule has 0 fully saturated rings. The molecule has 5 heteroatoms. The molecule has 2 aromatic carbocycles. The minimum atomic E-state index is -0.716. The highest BCUT2D eigenvalue weighted by atomic mass is 79.9. The van der Waals surface area contributed by atoms with Crippen molar-refractivity contribution in [2.24, 2.45) is 5.73 Å². The van der Waals surface area contributed by atoms with Gasteiger partial charge in [0.25, 0.3) is 0 Å². The Hall–Kier alpha value is -0.580. The molecule has 2 aromatic rings. The molecule has 0 aliphatic carbocycles. The molecule has 0 amide bonds. The quantitative estimate of drug-likeness (QED) is 0.825. The van der Waals surface area contributed by atoms with Gasteiger partial charge in [0.05, 0.1) is 11.1 Å². The number of rotatable bonds is 4. The van der Waals surface area contributed by atoms with E-state index in [1.807, 2.05) is 18.2 Å². The zero-order chi connectivity index (χ0) is 14.7. The topological polar surface area (TPSA) is 46.2 Å². The highest BCUT2D eigenvalue weighted by Crippen LogP contribution is 2.34. The molecular formula is C15H14BrCl2NO. The van der Waals surface area contributed by atoms with Gasteiger partial charge in [0.1, 0.15) is 0 Å². The Morgan fingerprint density at radius 3 is 2.45 bits per heavy atom. The Kier molecular flexibility index (Phi) is 5.47. The lowest BCUT2D eigenvalue weighted by Crippen LogP contribution is -2.20. The van der Waals surface area contributed by atoms with E-state index < -0.39 is 6.10 Å². The molecule has 2 rings (SSSR count). The van der Waals surface area contributed by atoms with Crippen LogP contribution in [-0.4, -0.2) is 11.7 Å². The van der Waals surface area contributed by atoms with Gasteiger partial charge in [0.15, 0.2) is 0 Å². The standard InChI is InChI=1S/C15H14BrCl2NO/c16-13-7-10(4-5-14(13)18)15(20)12(8-19)9-2-1-3-11(17)6-9/h1-7,12,15,20H,8,19H2. The molecule has 3 N–H and O–H groups in total. The number of halogens is 3. The zero-order valence-electron chi connectivity index (χ0n) is 10.6. The lowest BCUT2D eigenvalue weighted by molar-refractivity contribution is 0.147. The smallest absolute Gasteiger partial charge is 0.0871 e. The van der Waals surface area contributed by atoms with E-state index in [4.69, 9.17) is 28.9 Å². The number of aliphatic hydroxyl groups is 1. The van der Waals surface area contributed by atoms with E-state index in [-0.39, 0.29) is 5.92 Å². The van der Waals surface area contributed by atoms with Crippen LogP contribution in [0.2, 0.25) is 10.0 Å². The minimum Gasteiger partial charge on any atom is -0.388 e. The first-order valence-corrected chi connectivity index (χ1v) is 7.66. The summed E-state index contributed by atoms with van der Waals surface area (Å²) in [4.78, 5) is 0. The van der Waals surface area contributed by atoms with Crippen LogP contribution < -0.4 is 5.73 Å². The summed E-state index contributed by atoms with van der Waals surface area (Å²) in [5.74, 6) is -0.221.